The molecule has 0 aromatic carbocycles. The van der Waals surface area contributed by atoms with E-state index >= 15 is 0 Å². The lowest BCUT2D eigenvalue weighted by Gasteiger charge is -2.22. The summed E-state index contributed by atoms with van der Waals surface area (Å²) in [5, 5.41) is 17.9. The second-order valence-corrected chi connectivity index (χ2v) is 6.58. The summed E-state index contributed by atoms with van der Waals surface area (Å²) in [6.45, 7) is 6.43. The van der Waals surface area contributed by atoms with Gasteiger partial charge in [-0.3, -0.25) is 0 Å². The maximum absolute atomic E-state index is 9.24. The predicted octanol–water partition coefficient (Wildman–Crippen LogP) is 3.22. The predicted molar refractivity (Wildman–Crippen MR) is 71.8 cm³/mol. The molecule has 0 radical (unpaired) electrons. The first-order chi connectivity index (χ1) is 8.02. The highest BCUT2D eigenvalue weighted by Crippen LogP contribution is 2.49. The molecule has 0 saturated heterocycles. The smallest absolute Gasteiger partial charge is 0.0771 e. The van der Waals surface area contributed by atoms with Crippen molar-refractivity contribution in [2.45, 2.75) is 65.4 Å². The Bertz CT molecular complexity index is 200. The van der Waals surface area contributed by atoms with Crippen LogP contribution in [0.4, 0.5) is 0 Å². The van der Waals surface area contributed by atoms with Gasteiger partial charge in [-0.25, -0.2) is 0 Å². The van der Waals surface area contributed by atoms with E-state index in [1.54, 1.807) is 0 Å². The van der Waals surface area contributed by atoms with Crippen molar-refractivity contribution < 1.29 is 10.2 Å². The molecule has 0 heterocycles. The zero-order chi connectivity index (χ0) is 12.8. The standard InChI is InChI=1S/C11H20O2.C4H10/c12-7-11(13)4-3-10-6-8-1-2-9(10)5-8;1-4(2)3/h8-13H,1-7H2;4H,1-3H3. The third kappa shape index (κ3) is 5.39. The summed E-state index contributed by atoms with van der Waals surface area (Å²) < 4.78 is 0. The van der Waals surface area contributed by atoms with Crippen molar-refractivity contribution in [2.24, 2.45) is 23.7 Å². The summed E-state index contributed by atoms with van der Waals surface area (Å²) in [5.74, 6) is 3.65. The van der Waals surface area contributed by atoms with E-state index < -0.39 is 6.10 Å². The first-order valence-corrected chi connectivity index (χ1v) is 7.31. The normalized spacial score (nSPS) is 32.5. The highest BCUT2D eigenvalue weighted by atomic mass is 16.3. The van der Waals surface area contributed by atoms with Gasteiger partial charge >= 0.3 is 0 Å². The first kappa shape index (κ1) is 15.0. The lowest BCUT2D eigenvalue weighted by atomic mass is 9.85. The number of hydrogen-bond donors (Lipinski definition) is 2. The number of fused-ring (bicyclic) bond motifs is 2. The van der Waals surface area contributed by atoms with Gasteiger partial charge < -0.3 is 10.2 Å². The van der Waals surface area contributed by atoms with Gasteiger partial charge in [-0.15, -0.1) is 0 Å². The van der Waals surface area contributed by atoms with E-state index in [-0.39, 0.29) is 6.61 Å². The Morgan fingerprint density at radius 2 is 1.76 bits per heavy atom. The van der Waals surface area contributed by atoms with Crippen molar-refractivity contribution in [3.05, 3.63) is 0 Å². The molecule has 2 aliphatic carbocycles. The van der Waals surface area contributed by atoms with E-state index in [1.165, 1.54) is 25.7 Å². The van der Waals surface area contributed by atoms with Gasteiger partial charge in [0.25, 0.3) is 0 Å². The number of aliphatic hydroxyl groups is 2. The molecule has 2 fully saturated rings. The zero-order valence-electron chi connectivity index (χ0n) is 11.7. The zero-order valence-corrected chi connectivity index (χ0v) is 11.7. The van der Waals surface area contributed by atoms with E-state index in [9.17, 15) is 5.11 Å². The Balaban J connectivity index is 0.000000317. The molecule has 4 atom stereocenters. The molecule has 102 valence electrons. The van der Waals surface area contributed by atoms with Crippen molar-refractivity contribution in [1.82, 2.24) is 0 Å². The molecule has 4 unspecified atom stereocenters. The third-order valence-corrected chi connectivity index (χ3v) is 3.97. The van der Waals surface area contributed by atoms with Gasteiger partial charge in [-0.05, 0) is 55.8 Å². The first-order valence-electron chi connectivity index (χ1n) is 7.31. The third-order valence-electron chi connectivity index (χ3n) is 3.97. The molecule has 0 aromatic heterocycles. The second kappa shape index (κ2) is 7.38. The van der Waals surface area contributed by atoms with Gasteiger partial charge in [-0.1, -0.05) is 27.2 Å². The van der Waals surface area contributed by atoms with Crippen LogP contribution in [0.15, 0.2) is 0 Å². The largest absolute Gasteiger partial charge is 0.394 e. The Labute approximate surface area is 106 Å². The molecule has 2 rings (SSSR count). The molecule has 2 saturated carbocycles. The molecule has 0 aliphatic heterocycles. The van der Waals surface area contributed by atoms with Gasteiger partial charge in [-0.2, -0.15) is 0 Å². The average molecular weight is 242 g/mol. The molecule has 17 heavy (non-hydrogen) atoms. The summed E-state index contributed by atoms with van der Waals surface area (Å²) in [5.41, 5.74) is 0. The van der Waals surface area contributed by atoms with Crippen LogP contribution in [0.5, 0.6) is 0 Å². The summed E-state index contributed by atoms with van der Waals surface area (Å²) in [6, 6.07) is 0. The minimum Gasteiger partial charge on any atom is -0.394 e. The fraction of sp³-hybridized carbons (Fsp3) is 1.00. The molecule has 2 aliphatic rings. The minimum absolute atomic E-state index is 0.0686. The van der Waals surface area contributed by atoms with Crippen LogP contribution in [-0.2, 0) is 0 Å². The van der Waals surface area contributed by atoms with E-state index in [2.05, 4.69) is 20.8 Å². The van der Waals surface area contributed by atoms with Gasteiger partial charge in [0.1, 0.15) is 0 Å². The van der Waals surface area contributed by atoms with Crippen molar-refractivity contribution in [1.29, 1.82) is 0 Å². The molecule has 0 aromatic rings. The van der Waals surface area contributed by atoms with Crippen LogP contribution in [-0.4, -0.2) is 22.9 Å². The number of rotatable bonds is 4. The van der Waals surface area contributed by atoms with Gasteiger partial charge in [0, 0.05) is 0 Å². The molecule has 2 heteroatoms. The van der Waals surface area contributed by atoms with Crippen molar-refractivity contribution >= 4 is 0 Å². The van der Waals surface area contributed by atoms with Crippen LogP contribution in [0.1, 0.15) is 59.3 Å². The Kier molecular flexibility index (Phi) is 6.50. The lowest BCUT2D eigenvalue weighted by Crippen LogP contribution is -2.16. The van der Waals surface area contributed by atoms with Gasteiger partial charge in [0.05, 0.1) is 12.7 Å². The van der Waals surface area contributed by atoms with Crippen LogP contribution in [0.2, 0.25) is 0 Å². The highest BCUT2D eigenvalue weighted by molar-refractivity contribution is 4.89. The molecule has 0 amide bonds. The monoisotopic (exact) mass is 242 g/mol. The van der Waals surface area contributed by atoms with Crippen LogP contribution in [0.3, 0.4) is 0 Å². The minimum atomic E-state index is -0.473. The number of hydrogen-bond acceptors (Lipinski definition) is 2. The summed E-state index contributed by atoms with van der Waals surface area (Å²) >= 11 is 0. The lowest BCUT2D eigenvalue weighted by molar-refractivity contribution is 0.0794. The van der Waals surface area contributed by atoms with E-state index in [0.29, 0.717) is 0 Å². The quantitative estimate of drug-likeness (QED) is 0.794. The number of aliphatic hydroxyl groups excluding tert-OH is 2. The average Bonchev–Trinajstić information content (AvgIpc) is 2.86. The van der Waals surface area contributed by atoms with Crippen molar-refractivity contribution in [2.75, 3.05) is 6.61 Å². The van der Waals surface area contributed by atoms with Crippen LogP contribution < -0.4 is 0 Å². The molecular weight excluding hydrogens is 212 g/mol. The Morgan fingerprint density at radius 1 is 1.12 bits per heavy atom. The molecule has 0 spiro atoms. The van der Waals surface area contributed by atoms with Crippen molar-refractivity contribution in [3.63, 3.8) is 0 Å². The van der Waals surface area contributed by atoms with Crippen LogP contribution >= 0.6 is 0 Å². The Hall–Kier alpha value is -0.0800. The van der Waals surface area contributed by atoms with Crippen LogP contribution in [0.25, 0.3) is 0 Å². The molecule has 2 bridgehead atoms. The summed E-state index contributed by atoms with van der Waals surface area (Å²) in [4.78, 5) is 0. The highest BCUT2D eigenvalue weighted by Gasteiger charge is 2.38. The summed E-state index contributed by atoms with van der Waals surface area (Å²) in [6.07, 6.45) is 7.16. The maximum atomic E-state index is 9.24. The maximum Gasteiger partial charge on any atom is 0.0771 e. The topological polar surface area (TPSA) is 40.5 Å². The fourth-order valence-electron chi connectivity index (χ4n) is 3.23. The van der Waals surface area contributed by atoms with Crippen LogP contribution in [0, 0.1) is 23.7 Å². The fourth-order valence-corrected chi connectivity index (χ4v) is 3.23. The van der Waals surface area contributed by atoms with Crippen molar-refractivity contribution in [3.8, 4) is 0 Å². The second-order valence-electron chi connectivity index (χ2n) is 6.58. The van der Waals surface area contributed by atoms with E-state index in [0.717, 1.165) is 36.5 Å². The molecule has 2 N–H and O–H groups in total. The molecule has 2 nitrogen and oxygen atoms in total. The van der Waals surface area contributed by atoms with E-state index in [4.69, 9.17) is 5.11 Å². The molecular formula is C15H30O2. The SMILES string of the molecule is CC(C)C.OCC(O)CCC1CC2CCC1C2. The summed E-state index contributed by atoms with van der Waals surface area (Å²) in [7, 11) is 0. The van der Waals surface area contributed by atoms with Gasteiger partial charge in [0.15, 0.2) is 0 Å². The van der Waals surface area contributed by atoms with E-state index in [1.807, 2.05) is 0 Å². The van der Waals surface area contributed by atoms with Gasteiger partial charge in [0.2, 0.25) is 0 Å². The Morgan fingerprint density at radius 3 is 2.18 bits per heavy atom.